The second-order valence-electron chi connectivity index (χ2n) is 5.27. The van der Waals surface area contributed by atoms with Crippen LogP contribution in [0.5, 0.6) is 0 Å². The standard InChI is InChI=1S/C14H16ClFN2OS/c1-9-10(15)3-4-11-12(9)17-13(20-11)18-6-5-14(16,7-18)8-19-2/h3-4H,5-8H2,1-2H3. The zero-order chi connectivity index (χ0) is 14.3. The molecule has 1 aliphatic rings. The number of benzene rings is 1. The molecule has 0 bridgehead atoms. The van der Waals surface area contributed by atoms with Gasteiger partial charge in [0.1, 0.15) is 0 Å². The first-order valence-corrected chi connectivity index (χ1v) is 7.70. The van der Waals surface area contributed by atoms with Gasteiger partial charge in [-0.1, -0.05) is 22.9 Å². The molecule has 1 saturated heterocycles. The lowest BCUT2D eigenvalue weighted by molar-refractivity contribution is 0.0571. The number of methoxy groups -OCH3 is 1. The predicted molar refractivity (Wildman–Crippen MR) is 81.9 cm³/mol. The van der Waals surface area contributed by atoms with Gasteiger partial charge < -0.3 is 9.64 Å². The topological polar surface area (TPSA) is 25.4 Å². The third-order valence-corrected chi connectivity index (χ3v) is 5.20. The minimum absolute atomic E-state index is 0.138. The van der Waals surface area contributed by atoms with Gasteiger partial charge in [-0.25, -0.2) is 9.37 Å². The van der Waals surface area contributed by atoms with Crippen LogP contribution in [0.1, 0.15) is 12.0 Å². The van der Waals surface area contributed by atoms with E-state index in [9.17, 15) is 4.39 Å². The molecule has 0 N–H and O–H groups in total. The van der Waals surface area contributed by atoms with E-state index in [1.165, 1.54) is 7.11 Å². The van der Waals surface area contributed by atoms with Crippen LogP contribution >= 0.6 is 22.9 Å². The van der Waals surface area contributed by atoms with Crippen molar-refractivity contribution >= 4 is 38.3 Å². The normalized spacial score (nSPS) is 22.9. The maximum Gasteiger partial charge on any atom is 0.186 e. The van der Waals surface area contributed by atoms with Crippen molar-refractivity contribution in [3.8, 4) is 0 Å². The third-order valence-electron chi connectivity index (χ3n) is 3.71. The Kier molecular flexibility index (Phi) is 3.60. The summed E-state index contributed by atoms with van der Waals surface area (Å²) in [6, 6.07) is 3.86. The highest BCUT2D eigenvalue weighted by Gasteiger charge is 2.39. The lowest BCUT2D eigenvalue weighted by Crippen LogP contribution is -2.33. The summed E-state index contributed by atoms with van der Waals surface area (Å²) in [6.45, 7) is 3.11. The fourth-order valence-corrected chi connectivity index (χ4v) is 3.80. The second-order valence-corrected chi connectivity index (χ2v) is 6.69. The van der Waals surface area contributed by atoms with Gasteiger partial charge in [0, 0.05) is 25.1 Å². The van der Waals surface area contributed by atoms with Crippen molar-refractivity contribution in [2.75, 3.05) is 31.7 Å². The quantitative estimate of drug-likeness (QED) is 0.861. The van der Waals surface area contributed by atoms with Crippen molar-refractivity contribution in [1.29, 1.82) is 0 Å². The first-order valence-electron chi connectivity index (χ1n) is 6.51. The number of halogens is 2. The summed E-state index contributed by atoms with van der Waals surface area (Å²) in [7, 11) is 1.53. The molecule has 0 aliphatic carbocycles. The first kappa shape index (κ1) is 14.0. The lowest BCUT2D eigenvalue weighted by Gasteiger charge is -2.19. The molecule has 3 rings (SSSR count). The van der Waals surface area contributed by atoms with Crippen molar-refractivity contribution in [2.24, 2.45) is 0 Å². The fourth-order valence-electron chi connectivity index (χ4n) is 2.60. The Morgan fingerprint density at radius 2 is 2.35 bits per heavy atom. The second kappa shape index (κ2) is 5.13. The summed E-state index contributed by atoms with van der Waals surface area (Å²) in [5.41, 5.74) is 0.633. The van der Waals surface area contributed by atoms with Crippen LogP contribution in [0.4, 0.5) is 9.52 Å². The Hall–Kier alpha value is -0.910. The minimum Gasteiger partial charge on any atom is -0.381 e. The van der Waals surface area contributed by atoms with Crippen molar-refractivity contribution < 1.29 is 9.13 Å². The molecule has 2 aromatic rings. The van der Waals surface area contributed by atoms with Gasteiger partial charge in [-0.3, -0.25) is 0 Å². The van der Waals surface area contributed by atoms with E-state index in [4.69, 9.17) is 16.3 Å². The molecule has 1 unspecified atom stereocenters. The third kappa shape index (κ3) is 2.38. The molecule has 1 aliphatic heterocycles. The van der Waals surface area contributed by atoms with Crippen molar-refractivity contribution in [3.63, 3.8) is 0 Å². The van der Waals surface area contributed by atoms with Gasteiger partial charge in [0.15, 0.2) is 10.8 Å². The van der Waals surface area contributed by atoms with Gasteiger partial charge in [-0.15, -0.1) is 0 Å². The van der Waals surface area contributed by atoms with Crippen LogP contribution < -0.4 is 4.90 Å². The van der Waals surface area contributed by atoms with E-state index < -0.39 is 5.67 Å². The molecule has 1 fully saturated rings. The lowest BCUT2D eigenvalue weighted by atomic mass is 10.1. The van der Waals surface area contributed by atoms with Crippen LogP contribution in [0.25, 0.3) is 10.2 Å². The number of aromatic nitrogens is 1. The number of hydrogen-bond acceptors (Lipinski definition) is 4. The number of anilines is 1. The van der Waals surface area contributed by atoms with Gasteiger partial charge in [0.25, 0.3) is 0 Å². The molecule has 1 aromatic carbocycles. The Labute approximate surface area is 126 Å². The van der Waals surface area contributed by atoms with Gasteiger partial charge in [-0.05, 0) is 24.6 Å². The monoisotopic (exact) mass is 314 g/mol. The molecule has 0 saturated carbocycles. The van der Waals surface area contributed by atoms with Crippen LogP contribution in [-0.4, -0.2) is 37.5 Å². The summed E-state index contributed by atoms with van der Waals surface area (Å²) in [5, 5.41) is 1.58. The summed E-state index contributed by atoms with van der Waals surface area (Å²) >= 11 is 7.70. The number of fused-ring (bicyclic) bond motifs is 1. The van der Waals surface area contributed by atoms with E-state index >= 15 is 0 Å². The number of thiazole rings is 1. The summed E-state index contributed by atoms with van der Waals surface area (Å²) in [6.07, 6.45) is 0.483. The summed E-state index contributed by atoms with van der Waals surface area (Å²) in [5.74, 6) is 0. The average molecular weight is 315 g/mol. The number of alkyl halides is 1. The van der Waals surface area contributed by atoms with Crippen LogP contribution in [0.3, 0.4) is 0 Å². The van der Waals surface area contributed by atoms with E-state index in [1.54, 1.807) is 11.3 Å². The highest BCUT2D eigenvalue weighted by Crippen LogP contribution is 2.37. The van der Waals surface area contributed by atoms with E-state index in [2.05, 4.69) is 4.98 Å². The zero-order valence-electron chi connectivity index (χ0n) is 11.4. The Balaban J connectivity index is 1.91. The predicted octanol–water partition coefficient (Wildman–Crippen LogP) is 3.82. The largest absolute Gasteiger partial charge is 0.381 e. The molecule has 2 heterocycles. The van der Waals surface area contributed by atoms with Crippen molar-refractivity contribution in [2.45, 2.75) is 19.0 Å². The van der Waals surface area contributed by atoms with E-state index in [0.29, 0.717) is 19.5 Å². The van der Waals surface area contributed by atoms with Gasteiger partial charge in [0.05, 0.1) is 23.4 Å². The van der Waals surface area contributed by atoms with Crippen LogP contribution in [0, 0.1) is 6.92 Å². The molecule has 108 valence electrons. The number of ether oxygens (including phenoxy) is 1. The number of rotatable bonds is 3. The molecule has 3 nitrogen and oxygen atoms in total. The maximum atomic E-state index is 14.4. The fraction of sp³-hybridized carbons (Fsp3) is 0.500. The van der Waals surface area contributed by atoms with Gasteiger partial charge in [0.2, 0.25) is 0 Å². The SMILES string of the molecule is COCC1(F)CCN(c2nc3c(C)c(Cl)ccc3s2)C1. The van der Waals surface area contributed by atoms with Crippen LogP contribution in [0.2, 0.25) is 5.02 Å². The number of nitrogens with zero attached hydrogens (tertiary/aromatic N) is 2. The molecule has 1 atom stereocenters. The van der Waals surface area contributed by atoms with E-state index in [0.717, 1.165) is 25.9 Å². The molecular formula is C14H16ClFN2OS. The highest BCUT2D eigenvalue weighted by molar-refractivity contribution is 7.22. The van der Waals surface area contributed by atoms with Crippen LogP contribution in [0.15, 0.2) is 12.1 Å². The molecule has 1 aromatic heterocycles. The van der Waals surface area contributed by atoms with E-state index in [1.807, 2.05) is 24.0 Å². The van der Waals surface area contributed by atoms with Gasteiger partial charge >= 0.3 is 0 Å². The average Bonchev–Trinajstić information content (AvgIpc) is 2.99. The molecule has 6 heteroatoms. The zero-order valence-corrected chi connectivity index (χ0v) is 13.0. The maximum absolute atomic E-state index is 14.4. The van der Waals surface area contributed by atoms with E-state index in [-0.39, 0.29) is 6.61 Å². The number of aryl methyl sites for hydroxylation is 1. The Morgan fingerprint density at radius 3 is 3.10 bits per heavy atom. The highest BCUT2D eigenvalue weighted by atomic mass is 35.5. The van der Waals surface area contributed by atoms with Crippen molar-refractivity contribution in [1.82, 2.24) is 4.98 Å². The Morgan fingerprint density at radius 1 is 1.55 bits per heavy atom. The number of hydrogen-bond donors (Lipinski definition) is 0. The Bertz CT molecular complexity index is 647. The summed E-state index contributed by atoms with van der Waals surface area (Å²) in [4.78, 5) is 6.63. The minimum atomic E-state index is -1.26. The molecular weight excluding hydrogens is 299 g/mol. The molecule has 0 spiro atoms. The summed E-state index contributed by atoms with van der Waals surface area (Å²) < 4.78 is 20.5. The van der Waals surface area contributed by atoms with Crippen LogP contribution in [-0.2, 0) is 4.74 Å². The molecule has 0 amide bonds. The smallest absolute Gasteiger partial charge is 0.186 e. The van der Waals surface area contributed by atoms with Gasteiger partial charge in [-0.2, -0.15) is 0 Å². The molecule has 0 radical (unpaired) electrons. The first-order chi connectivity index (χ1) is 9.52. The van der Waals surface area contributed by atoms with Crippen molar-refractivity contribution in [3.05, 3.63) is 22.7 Å². The molecule has 20 heavy (non-hydrogen) atoms.